The van der Waals surface area contributed by atoms with Crippen LogP contribution in [0.25, 0.3) is 0 Å². The SMILES string of the molecule is CCOC(=O)[C@@H](Cc1ccccc1)CS(=O)(=O)C(C)(C)C. The Morgan fingerprint density at radius 3 is 2.24 bits per heavy atom. The number of hydrogen-bond donors (Lipinski definition) is 0. The topological polar surface area (TPSA) is 60.4 Å². The van der Waals surface area contributed by atoms with Crippen LogP contribution >= 0.6 is 0 Å². The lowest BCUT2D eigenvalue weighted by atomic mass is 10.0. The highest BCUT2D eigenvalue weighted by Crippen LogP contribution is 2.21. The van der Waals surface area contributed by atoms with Gasteiger partial charge < -0.3 is 4.74 Å². The van der Waals surface area contributed by atoms with Crippen LogP contribution in [-0.2, 0) is 25.8 Å². The van der Waals surface area contributed by atoms with Crippen molar-refractivity contribution in [3.05, 3.63) is 35.9 Å². The van der Waals surface area contributed by atoms with Crippen molar-refractivity contribution in [1.29, 1.82) is 0 Å². The van der Waals surface area contributed by atoms with E-state index < -0.39 is 26.5 Å². The van der Waals surface area contributed by atoms with Gasteiger partial charge in [-0.25, -0.2) is 8.42 Å². The zero-order valence-corrected chi connectivity index (χ0v) is 13.9. The van der Waals surface area contributed by atoms with Crippen molar-refractivity contribution < 1.29 is 17.9 Å². The fourth-order valence-electron chi connectivity index (χ4n) is 1.88. The average molecular weight is 312 g/mol. The molecule has 4 nitrogen and oxygen atoms in total. The van der Waals surface area contributed by atoms with E-state index >= 15 is 0 Å². The molecule has 1 aromatic carbocycles. The van der Waals surface area contributed by atoms with Gasteiger partial charge in [-0.3, -0.25) is 4.79 Å². The monoisotopic (exact) mass is 312 g/mol. The molecule has 0 aliphatic rings. The van der Waals surface area contributed by atoms with Crippen LogP contribution in [0.5, 0.6) is 0 Å². The molecule has 0 aromatic heterocycles. The third-order valence-electron chi connectivity index (χ3n) is 3.30. The van der Waals surface area contributed by atoms with Gasteiger partial charge in [-0.2, -0.15) is 0 Å². The Morgan fingerprint density at radius 1 is 1.19 bits per heavy atom. The molecule has 1 aromatic rings. The molecule has 0 amide bonds. The summed E-state index contributed by atoms with van der Waals surface area (Å²) in [5, 5.41) is 0. The van der Waals surface area contributed by atoms with E-state index in [1.54, 1.807) is 27.7 Å². The van der Waals surface area contributed by atoms with Crippen LogP contribution < -0.4 is 0 Å². The second-order valence-corrected chi connectivity index (χ2v) is 8.82. The van der Waals surface area contributed by atoms with Crippen LogP contribution in [0, 0.1) is 5.92 Å². The van der Waals surface area contributed by atoms with Crippen LogP contribution in [0.1, 0.15) is 33.3 Å². The maximum atomic E-state index is 12.4. The minimum atomic E-state index is -3.38. The molecule has 0 saturated carbocycles. The summed E-state index contributed by atoms with van der Waals surface area (Å²) >= 11 is 0. The third kappa shape index (κ3) is 5.16. The van der Waals surface area contributed by atoms with E-state index in [-0.39, 0.29) is 12.4 Å². The van der Waals surface area contributed by atoms with E-state index in [9.17, 15) is 13.2 Å². The highest BCUT2D eigenvalue weighted by atomic mass is 32.2. The molecule has 1 atom stereocenters. The molecule has 0 N–H and O–H groups in total. The Balaban J connectivity index is 2.96. The zero-order chi connectivity index (χ0) is 16.1. The number of rotatable bonds is 6. The van der Waals surface area contributed by atoms with Gasteiger partial charge in [0, 0.05) is 0 Å². The predicted molar refractivity (Wildman–Crippen MR) is 83.8 cm³/mol. The van der Waals surface area contributed by atoms with Crippen LogP contribution in [0.15, 0.2) is 30.3 Å². The Kier molecular flexibility index (Phi) is 5.96. The van der Waals surface area contributed by atoms with E-state index in [2.05, 4.69) is 0 Å². The quantitative estimate of drug-likeness (QED) is 0.758. The van der Waals surface area contributed by atoms with Crippen molar-refractivity contribution in [1.82, 2.24) is 0 Å². The Morgan fingerprint density at radius 2 is 1.76 bits per heavy atom. The van der Waals surface area contributed by atoms with Gasteiger partial charge in [0.05, 0.1) is 23.0 Å². The van der Waals surface area contributed by atoms with E-state index in [4.69, 9.17) is 4.74 Å². The van der Waals surface area contributed by atoms with Crippen molar-refractivity contribution in [2.45, 2.75) is 38.9 Å². The molecule has 0 heterocycles. The molecule has 0 bridgehead atoms. The number of ether oxygens (including phenoxy) is 1. The summed E-state index contributed by atoms with van der Waals surface area (Å²) < 4.78 is 28.9. The standard InChI is InChI=1S/C16H24O4S/c1-5-20-15(17)14(11-13-9-7-6-8-10-13)12-21(18,19)16(2,3)4/h6-10,14H,5,11-12H2,1-4H3/t14-/m0/s1. The van der Waals surface area contributed by atoms with Gasteiger partial charge in [0.25, 0.3) is 0 Å². The summed E-state index contributed by atoms with van der Waals surface area (Å²) in [6.45, 7) is 6.91. The normalized spacial score (nSPS) is 13.7. The van der Waals surface area contributed by atoms with E-state index in [1.165, 1.54) is 0 Å². The van der Waals surface area contributed by atoms with Crippen LogP contribution in [-0.4, -0.2) is 31.5 Å². The minimum absolute atomic E-state index is 0.190. The third-order valence-corrected chi connectivity index (χ3v) is 6.01. The van der Waals surface area contributed by atoms with Crippen molar-refractivity contribution in [3.63, 3.8) is 0 Å². The Bertz CT molecular complexity index is 556. The maximum Gasteiger partial charge on any atom is 0.310 e. The maximum absolute atomic E-state index is 12.4. The van der Waals surface area contributed by atoms with Gasteiger partial charge in [-0.05, 0) is 39.7 Å². The highest BCUT2D eigenvalue weighted by Gasteiger charge is 2.34. The van der Waals surface area contributed by atoms with Gasteiger partial charge in [-0.1, -0.05) is 30.3 Å². The fraction of sp³-hybridized carbons (Fsp3) is 0.562. The largest absolute Gasteiger partial charge is 0.466 e. The second-order valence-electron chi connectivity index (χ2n) is 6.03. The van der Waals surface area contributed by atoms with Gasteiger partial charge in [-0.15, -0.1) is 0 Å². The first kappa shape index (κ1) is 17.7. The molecule has 0 aliphatic carbocycles. The highest BCUT2D eigenvalue weighted by molar-refractivity contribution is 7.92. The lowest BCUT2D eigenvalue weighted by Crippen LogP contribution is -2.37. The molecule has 118 valence electrons. The predicted octanol–water partition coefficient (Wildman–Crippen LogP) is 2.62. The first-order chi connectivity index (χ1) is 9.67. The molecule has 0 saturated heterocycles. The Labute approximate surface area is 127 Å². The van der Waals surface area contributed by atoms with Crippen LogP contribution in [0.2, 0.25) is 0 Å². The van der Waals surface area contributed by atoms with Crippen molar-refractivity contribution in [3.8, 4) is 0 Å². The summed E-state index contributed by atoms with van der Waals surface area (Å²) in [5.41, 5.74) is 0.930. The minimum Gasteiger partial charge on any atom is -0.466 e. The number of esters is 1. The zero-order valence-electron chi connectivity index (χ0n) is 13.1. The fourth-order valence-corrected chi connectivity index (χ4v) is 3.17. The van der Waals surface area contributed by atoms with E-state index in [0.29, 0.717) is 6.42 Å². The molecule has 5 heteroatoms. The number of sulfone groups is 1. The van der Waals surface area contributed by atoms with E-state index in [1.807, 2.05) is 30.3 Å². The van der Waals surface area contributed by atoms with Crippen molar-refractivity contribution in [2.24, 2.45) is 5.92 Å². The number of carbonyl (C=O) groups excluding carboxylic acids is 1. The number of benzene rings is 1. The Hall–Kier alpha value is -1.36. The molecular formula is C16H24O4S. The van der Waals surface area contributed by atoms with Crippen LogP contribution in [0.4, 0.5) is 0 Å². The molecular weight excluding hydrogens is 288 g/mol. The number of hydrogen-bond acceptors (Lipinski definition) is 4. The van der Waals surface area contributed by atoms with E-state index in [0.717, 1.165) is 5.56 Å². The lowest BCUT2D eigenvalue weighted by molar-refractivity contribution is -0.147. The molecule has 0 unspecified atom stereocenters. The van der Waals surface area contributed by atoms with Crippen molar-refractivity contribution >= 4 is 15.8 Å². The molecule has 0 fully saturated rings. The summed E-state index contributed by atoms with van der Waals surface area (Å²) in [6, 6.07) is 9.40. The van der Waals surface area contributed by atoms with Crippen molar-refractivity contribution in [2.75, 3.05) is 12.4 Å². The van der Waals surface area contributed by atoms with Gasteiger partial charge >= 0.3 is 5.97 Å². The molecule has 0 spiro atoms. The molecule has 0 radical (unpaired) electrons. The second kappa shape index (κ2) is 7.07. The summed E-state index contributed by atoms with van der Waals surface area (Å²) in [5.74, 6) is -1.31. The first-order valence-electron chi connectivity index (χ1n) is 7.10. The average Bonchev–Trinajstić information content (AvgIpc) is 2.38. The van der Waals surface area contributed by atoms with Crippen LogP contribution in [0.3, 0.4) is 0 Å². The molecule has 0 aliphatic heterocycles. The summed E-state index contributed by atoms with van der Waals surface area (Å²) in [6.07, 6.45) is 0.370. The number of carbonyl (C=O) groups is 1. The molecule has 21 heavy (non-hydrogen) atoms. The molecule has 1 rings (SSSR count). The smallest absolute Gasteiger partial charge is 0.310 e. The van der Waals surface area contributed by atoms with Gasteiger partial charge in [0.2, 0.25) is 0 Å². The first-order valence-corrected chi connectivity index (χ1v) is 8.75. The summed E-state index contributed by atoms with van der Waals surface area (Å²) in [4.78, 5) is 12.1. The summed E-state index contributed by atoms with van der Waals surface area (Å²) in [7, 11) is -3.38. The lowest BCUT2D eigenvalue weighted by Gasteiger charge is -2.23. The van der Waals surface area contributed by atoms with Gasteiger partial charge in [0.1, 0.15) is 0 Å². The van der Waals surface area contributed by atoms with Gasteiger partial charge in [0.15, 0.2) is 9.84 Å².